The van der Waals surface area contributed by atoms with Gasteiger partial charge in [0.2, 0.25) is 5.89 Å². The second kappa shape index (κ2) is 9.41. The molecule has 1 atom stereocenters. The first-order valence-electron chi connectivity index (χ1n) is 11.0. The van der Waals surface area contributed by atoms with E-state index in [1.54, 1.807) is 12.1 Å². The van der Waals surface area contributed by atoms with E-state index in [0.717, 1.165) is 16.7 Å². The van der Waals surface area contributed by atoms with Gasteiger partial charge in [-0.2, -0.15) is 0 Å². The number of aromatic nitrogens is 3. The zero-order valence-electron chi connectivity index (χ0n) is 18.9. The predicted octanol–water partition coefficient (Wildman–Crippen LogP) is 6.06. The zero-order valence-corrected chi connectivity index (χ0v) is 18.9. The monoisotopic (exact) mass is 454 g/mol. The molecule has 3 aromatic carbocycles. The molecule has 0 aliphatic rings. The average molecular weight is 455 g/mol. The minimum atomic E-state index is -0.266. The standard InChI is InChI=1S/C27H23FN4O2/c1-18-24(25(31-34-18)19-9-5-3-6-10-19)27-30-29-23(33-27)17-32(2)26(20-11-7-4-8-12-20)21-13-15-22(28)16-14-21/h3-16,26H,17H2,1-2H3/t26-/m1/s1. The van der Waals surface area contributed by atoms with Crippen LogP contribution in [0.2, 0.25) is 0 Å². The maximum absolute atomic E-state index is 13.6. The molecule has 0 aliphatic heterocycles. The Bertz CT molecular complexity index is 1370. The average Bonchev–Trinajstić information content (AvgIpc) is 3.47. The molecule has 6 nitrogen and oxygen atoms in total. The van der Waals surface area contributed by atoms with Gasteiger partial charge in [0.15, 0.2) is 0 Å². The summed E-state index contributed by atoms with van der Waals surface area (Å²) < 4.78 is 25.1. The van der Waals surface area contributed by atoms with Gasteiger partial charge in [0.25, 0.3) is 5.89 Å². The summed E-state index contributed by atoms with van der Waals surface area (Å²) in [5.41, 5.74) is 4.31. The highest BCUT2D eigenvalue weighted by Gasteiger charge is 2.24. The van der Waals surface area contributed by atoms with Gasteiger partial charge in [0.1, 0.15) is 22.8 Å². The van der Waals surface area contributed by atoms with Gasteiger partial charge in [-0.05, 0) is 37.2 Å². The Hall–Kier alpha value is -4.10. The summed E-state index contributed by atoms with van der Waals surface area (Å²) in [4.78, 5) is 2.10. The SMILES string of the molecule is Cc1onc(-c2ccccc2)c1-c1nnc(CN(C)[C@H](c2ccccc2)c2ccc(F)cc2)o1. The molecule has 2 heterocycles. The van der Waals surface area contributed by atoms with E-state index in [4.69, 9.17) is 8.94 Å². The highest BCUT2D eigenvalue weighted by Crippen LogP contribution is 2.34. The van der Waals surface area contributed by atoms with Gasteiger partial charge in [0, 0.05) is 5.56 Å². The van der Waals surface area contributed by atoms with Crippen LogP contribution in [-0.4, -0.2) is 27.3 Å². The van der Waals surface area contributed by atoms with Gasteiger partial charge in [0.05, 0.1) is 12.6 Å². The molecule has 0 saturated carbocycles. The van der Waals surface area contributed by atoms with Gasteiger partial charge in [-0.15, -0.1) is 10.2 Å². The summed E-state index contributed by atoms with van der Waals surface area (Å²) in [6.45, 7) is 2.22. The topological polar surface area (TPSA) is 68.2 Å². The van der Waals surface area contributed by atoms with Crippen LogP contribution in [0, 0.1) is 12.7 Å². The molecule has 0 radical (unpaired) electrons. The molecule has 0 N–H and O–H groups in total. The summed E-state index contributed by atoms with van der Waals surface area (Å²) in [6.07, 6.45) is 0. The van der Waals surface area contributed by atoms with Crippen LogP contribution in [0.15, 0.2) is 93.9 Å². The van der Waals surface area contributed by atoms with Crippen molar-refractivity contribution in [2.45, 2.75) is 19.5 Å². The number of benzene rings is 3. The fourth-order valence-electron chi connectivity index (χ4n) is 4.12. The van der Waals surface area contributed by atoms with Crippen molar-refractivity contribution >= 4 is 0 Å². The molecule has 5 rings (SSSR count). The molecule has 7 heteroatoms. The Morgan fingerprint density at radius 1 is 0.853 bits per heavy atom. The molecule has 0 bridgehead atoms. The number of rotatable bonds is 7. The molecule has 170 valence electrons. The Labute approximate surface area is 196 Å². The zero-order chi connectivity index (χ0) is 23.5. The summed E-state index contributed by atoms with van der Waals surface area (Å²) in [5.74, 6) is 1.16. The molecule has 34 heavy (non-hydrogen) atoms. The summed E-state index contributed by atoms with van der Waals surface area (Å²) >= 11 is 0. The second-order valence-electron chi connectivity index (χ2n) is 8.11. The Balaban J connectivity index is 1.44. The number of nitrogens with zero attached hydrogens (tertiary/aromatic N) is 4. The van der Waals surface area contributed by atoms with Crippen LogP contribution < -0.4 is 0 Å². The van der Waals surface area contributed by atoms with Gasteiger partial charge < -0.3 is 8.94 Å². The lowest BCUT2D eigenvalue weighted by Crippen LogP contribution is -2.25. The van der Waals surface area contributed by atoms with Crippen LogP contribution in [0.25, 0.3) is 22.7 Å². The molecular formula is C27H23FN4O2. The maximum Gasteiger partial charge on any atom is 0.253 e. The third-order valence-electron chi connectivity index (χ3n) is 5.72. The lowest BCUT2D eigenvalue weighted by atomic mass is 9.97. The van der Waals surface area contributed by atoms with Crippen molar-refractivity contribution in [1.82, 2.24) is 20.3 Å². The summed E-state index contributed by atoms with van der Waals surface area (Å²) in [6, 6.07) is 26.2. The van der Waals surface area contributed by atoms with E-state index in [1.165, 1.54) is 12.1 Å². The Kier molecular flexibility index (Phi) is 6.01. The van der Waals surface area contributed by atoms with Crippen LogP contribution in [0.4, 0.5) is 4.39 Å². The minimum absolute atomic E-state index is 0.116. The van der Waals surface area contributed by atoms with Crippen molar-refractivity contribution in [2.24, 2.45) is 0 Å². The summed E-state index contributed by atoms with van der Waals surface area (Å²) in [7, 11) is 1.98. The highest BCUT2D eigenvalue weighted by atomic mass is 19.1. The van der Waals surface area contributed by atoms with Crippen LogP contribution in [-0.2, 0) is 6.54 Å². The lowest BCUT2D eigenvalue weighted by molar-refractivity contribution is 0.243. The largest absolute Gasteiger partial charge is 0.419 e. The second-order valence-corrected chi connectivity index (χ2v) is 8.11. The van der Waals surface area contributed by atoms with Crippen molar-refractivity contribution in [3.63, 3.8) is 0 Å². The van der Waals surface area contributed by atoms with E-state index in [9.17, 15) is 4.39 Å². The van der Waals surface area contributed by atoms with E-state index in [1.807, 2.05) is 62.5 Å². The van der Waals surface area contributed by atoms with Crippen molar-refractivity contribution in [1.29, 1.82) is 0 Å². The summed E-state index contributed by atoms with van der Waals surface area (Å²) in [5, 5.41) is 12.8. The molecule has 5 aromatic rings. The highest BCUT2D eigenvalue weighted by molar-refractivity contribution is 5.77. The van der Waals surface area contributed by atoms with Crippen LogP contribution in [0.5, 0.6) is 0 Å². The number of hydrogen-bond acceptors (Lipinski definition) is 6. The van der Waals surface area contributed by atoms with Gasteiger partial charge in [-0.1, -0.05) is 78.0 Å². The molecule has 0 fully saturated rings. The van der Waals surface area contributed by atoms with Crippen molar-refractivity contribution in [3.05, 3.63) is 114 Å². The minimum Gasteiger partial charge on any atom is -0.419 e. The van der Waals surface area contributed by atoms with Gasteiger partial charge in [-0.25, -0.2) is 4.39 Å². The van der Waals surface area contributed by atoms with Crippen LogP contribution >= 0.6 is 0 Å². The number of halogens is 1. The van der Waals surface area contributed by atoms with E-state index < -0.39 is 0 Å². The molecular weight excluding hydrogens is 431 g/mol. The van der Waals surface area contributed by atoms with E-state index in [-0.39, 0.29) is 11.9 Å². The van der Waals surface area contributed by atoms with Gasteiger partial charge in [-0.3, -0.25) is 4.90 Å². The van der Waals surface area contributed by atoms with Crippen molar-refractivity contribution < 1.29 is 13.3 Å². The lowest BCUT2D eigenvalue weighted by Gasteiger charge is -2.28. The smallest absolute Gasteiger partial charge is 0.253 e. The fraction of sp³-hybridized carbons (Fsp3) is 0.148. The van der Waals surface area contributed by atoms with Crippen molar-refractivity contribution in [2.75, 3.05) is 7.05 Å². The molecule has 0 saturated heterocycles. The normalized spacial score (nSPS) is 12.2. The first-order valence-corrected chi connectivity index (χ1v) is 11.0. The quantitative estimate of drug-likeness (QED) is 0.298. The molecule has 0 amide bonds. The van der Waals surface area contributed by atoms with E-state index in [2.05, 4.69) is 32.4 Å². The van der Waals surface area contributed by atoms with Crippen LogP contribution in [0.3, 0.4) is 0 Å². The molecule has 2 aromatic heterocycles. The number of hydrogen-bond donors (Lipinski definition) is 0. The third kappa shape index (κ3) is 4.38. The third-order valence-corrected chi connectivity index (χ3v) is 5.72. The maximum atomic E-state index is 13.6. The van der Waals surface area contributed by atoms with E-state index >= 15 is 0 Å². The molecule has 0 unspecified atom stereocenters. The molecule has 0 spiro atoms. The van der Waals surface area contributed by atoms with E-state index in [0.29, 0.717) is 35.3 Å². The van der Waals surface area contributed by atoms with Crippen molar-refractivity contribution in [3.8, 4) is 22.7 Å². The first kappa shape index (κ1) is 21.7. The predicted molar refractivity (Wildman–Crippen MR) is 126 cm³/mol. The molecule has 0 aliphatic carbocycles. The fourth-order valence-corrected chi connectivity index (χ4v) is 4.12. The Morgan fingerprint density at radius 3 is 2.21 bits per heavy atom. The number of aryl methyl sites for hydroxylation is 1. The first-order chi connectivity index (χ1) is 16.6. The Morgan fingerprint density at radius 2 is 1.50 bits per heavy atom. The van der Waals surface area contributed by atoms with Crippen LogP contribution in [0.1, 0.15) is 28.8 Å². The van der Waals surface area contributed by atoms with Gasteiger partial charge >= 0.3 is 0 Å².